The molecule has 98 valence electrons. The van der Waals surface area contributed by atoms with Gasteiger partial charge in [0.05, 0.1) is 16.4 Å². The van der Waals surface area contributed by atoms with Crippen LogP contribution in [0.2, 0.25) is 5.15 Å². The van der Waals surface area contributed by atoms with Gasteiger partial charge in [-0.05, 0) is 28.9 Å². The maximum atomic E-state index is 11.9. The SMILES string of the molecule is Cc1cc(=O)c(C(=O)Nc2cnc(Cl)c(Br)c2)c[nH]1. The van der Waals surface area contributed by atoms with Crippen LogP contribution in [0.4, 0.5) is 5.69 Å². The Labute approximate surface area is 122 Å². The maximum absolute atomic E-state index is 11.9. The zero-order valence-electron chi connectivity index (χ0n) is 9.83. The van der Waals surface area contributed by atoms with E-state index < -0.39 is 5.91 Å². The third-order valence-electron chi connectivity index (χ3n) is 2.36. The first kappa shape index (κ1) is 13.8. The number of hydrogen-bond donors (Lipinski definition) is 2. The molecular formula is C12H9BrClN3O2. The van der Waals surface area contributed by atoms with Crippen molar-refractivity contribution in [1.82, 2.24) is 9.97 Å². The molecule has 0 spiro atoms. The standard InChI is InChI=1S/C12H9BrClN3O2/c1-6-2-10(18)8(5-15-6)12(19)17-7-3-9(13)11(14)16-4-7/h2-5H,1H3,(H,15,18)(H,17,19). The van der Waals surface area contributed by atoms with Crippen LogP contribution in [0.5, 0.6) is 0 Å². The molecule has 2 rings (SSSR count). The van der Waals surface area contributed by atoms with E-state index in [1.807, 2.05) is 0 Å². The van der Waals surface area contributed by atoms with Crippen molar-refractivity contribution in [1.29, 1.82) is 0 Å². The fraction of sp³-hybridized carbons (Fsp3) is 0.0833. The van der Waals surface area contributed by atoms with E-state index >= 15 is 0 Å². The van der Waals surface area contributed by atoms with Gasteiger partial charge >= 0.3 is 0 Å². The minimum absolute atomic E-state index is 0.0386. The van der Waals surface area contributed by atoms with Gasteiger partial charge in [-0.15, -0.1) is 0 Å². The van der Waals surface area contributed by atoms with Gasteiger partial charge in [0.15, 0.2) is 5.43 Å². The number of nitrogens with zero attached hydrogens (tertiary/aromatic N) is 1. The van der Waals surface area contributed by atoms with E-state index in [0.29, 0.717) is 21.0 Å². The first-order valence-electron chi connectivity index (χ1n) is 5.29. The van der Waals surface area contributed by atoms with Crippen molar-refractivity contribution < 1.29 is 4.79 Å². The molecule has 2 aromatic rings. The summed E-state index contributed by atoms with van der Waals surface area (Å²) >= 11 is 8.95. The number of hydrogen-bond acceptors (Lipinski definition) is 3. The fourth-order valence-electron chi connectivity index (χ4n) is 1.44. The van der Waals surface area contributed by atoms with Crippen molar-refractivity contribution in [2.24, 2.45) is 0 Å². The molecule has 0 aliphatic rings. The number of aromatic nitrogens is 2. The summed E-state index contributed by atoms with van der Waals surface area (Å²) in [7, 11) is 0. The molecule has 1 amide bonds. The molecule has 0 aliphatic carbocycles. The van der Waals surface area contributed by atoms with Gasteiger partial charge in [-0.2, -0.15) is 0 Å². The third kappa shape index (κ3) is 3.21. The van der Waals surface area contributed by atoms with E-state index in [0.717, 1.165) is 0 Å². The number of pyridine rings is 2. The topological polar surface area (TPSA) is 74.8 Å². The summed E-state index contributed by atoms with van der Waals surface area (Å²) in [4.78, 5) is 30.3. The second-order valence-electron chi connectivity index (χ2n) is 3.84. The lowest BCUT2D eigenvalue weighted by Gasteiger charge is -2.05. The molecule has 2 N–H and O–H groups in total. The molecular weight excluding hydrogens is 334 g/mol. The van der Waals surface area contributed by atoms with Crippen molar-refractivity contribution in [3.8, 4) is 0 Å². The average molecular weight is 343 g/mol. The second-order valence-corrected chi connectivity index (χ2v) is 5.06. The van der Waals surface area contributed by atoms with Crippen LogP contribution >= 0.6 is 27.5 Å². The Hall–Kier alpha value is -1.66. The minimum Gasteiger partial charge on any atom is -0.364 e. The third-order valence-corrected chi connectivity index (χ3v) is 3.49. The Bertz CT molecular complexity index is 700. The van der Waals surface area contributed by atoms with Crippen LogP contribution in [0.25, 0.3) is 0 Å². The molecule has 0 unspecified atom stereocenters. The predicted octanol–water partition coefficient (Wildman–Crippen LogP) is 2.75. The van der Waals surface area contributed by atoms with Gasteiger partial charge in [-0.3, -0.25) is 9.59 Å². The molecule has 5 nitrogen and oxygen atoms in total. The lowest BCUT2D eigenvalue weighted by Crippen LogP contribution is -2.21. The van der Waals surface area contributed by atoms with Crippen LogP contribution in [0.15, 0.2) is 33.8 Å². The van der Waals surface area contributed by atoms with Crippen LogP contribution < -0.4 is 10.7 Å². The number of carbonyl (C=O) groups is 1. The fourth-order valence-corrected chi connectivity index (χ4v) is 1.89. The van der Waals surface area contributed by atoms with Crippen molar-refractivity contribution >= 4 is 39.1 Å². The van der Waals surface area contributed by atoms with Crippen molar-refractivity contribution in [3.05, 3.63) is 55.6 Å². The Morgan fingerprint density at radius 1 is 1.47 bits per heavy atom. The summed E-state index contributed by atoms with van der Waals surface area (Å²) in [5, 5.41) is 2.87. The van der Waals surface area contributed by atoms with Gasteiger partial charge in [-0.25, -0.2) is 4.98 Å². The highest BCUT2D eigenvalue weighted by atomic mass is 79.9. The van der Waals surface area contributed by atoms with Gasteiger partial charge in [-0.1, -0.05) is 11.6 Å². The van der Waals surface area contributed by atoms with Crippen LogP contribution in [-0.4, -0.2) is 15.9 Å². The summed E-state index contributed by atoms with van der Waals surface area (Å²) in [5.41, 5.74) is 0.838. The number of rotatable bonds is 2. The quantitative estimate of drug-likeness (QED) is 0.824. The van der Waals surface area contributed by atoms with Crippen LogP contribution in [0.1, 0.15) is 16.1 Å². The first-order chi connectivity index (χ1) is 8.97. The highest BCUT2D eigenvalue weighted by Gasteiger charge is 2.11. The number of H-pyrrole nitrogens is 1. The molecule has 0 saturated heterocycles. The molecule has 0 radical (unpaired) electrons. The average Bonchev–Trinajstić information content (AvgIpc) is 2.33. The van der Waals surface area contributed by atoms with Gasteiger partial charge in [0, 0.05) is 18.0 Å². The van der Waals surface area contributed by atoms with E-state index in [2.05, 4.69) is 31.2 Å². The largest absolute Gasteiger partial charge is 0.364 e. The van der Waals surface area contributed by atoms with E-state index in [1.165, 1.54) is 18.5 Å². The number of aryl methyl sites for hydroxylation is 1. The smallest absolute Gasteiger partial charge is 0.261 e. The van der Waals surface area contributed by atoms with Crippen molar-refractivity contribution in [2.75, 3.05) is 5.32 Å². The number of anilines is 1. The zero-order valence-corrected chi connectivity index (χ0v) is 12.2. The summed E-state index contributed by atoms with van der Waals surface area (Å²) in [6, 6.07) is 2.97. The number of carbonyl (C=O) groups excluding carboxylic acids is 1. The van der Waals surface area contributed by atoms with Gasteiger partial charge in [0.2, 0.25) is 0 Å². The Morgan fingerprint density at radius 2 is 2.21 bits per heavy atom. The molecule has 0 atom stereocenters. The Kier molecular flexibility index (Phi) is 4.01. The molecule has 0 saturated carbocycles. The molecule has 0 aliphatic heterocycles. The Morgan fingerprint density at radius 3 is 2.84 bits per heavy atom. The Balaban J connectivity index is 2.25. The van der Waals surface area contributed by atoms with Gasteiger partial charge < -0.3 is 10.3 Å². The van der Waals surface area contributed by atoms with E-state index in [4.69, 9.17) is 11.6 Å². The summed E-state index contributed by atoms with van der Waals surface area (Å²) < 4.78 is 0.560. The first-order valence-corrected chi connectivity index (χ1v) is 6.46. The van der Waals surface area contributed by atoms with Crippen molar-refractivity contribution in [3.63, 3.8) is 0 Å². The molecule has 7 heteroatoms. The number of halogens is 2. The van der Waals surface area contributed by atoms with E-state index in [9.17, 15) is 9.59 Å². The predicted molar refractivity (Wildman–Crippen MR) is 76.7 cm³/mol. The van der Waals surface area contributed by atoms with E-state index in [-0.39, 0.29) is 11.0 Å². The van der Waals surface area contributed by atoms with E-state index in [1.54, 1.807) is 13.0 Å². The van der Waals surface area contributed by atoms with Crippen molar-refractivity contribution in [2.45, 2.75) is 6.92 Å². The minimum atomic E-state index is -0.503. The van der Waals surface area contributed by atoms with Crippen LogP contribution in [-0.2, 0) is 0 Å². The molecule has 0 bridgehead atoms. The summed E-state index contributed by atoms with van der Waals surface area (Å²) in [5.74, 6) is -0.503. The summed E-state index contributed by atoms with van der Waals surface area (Å²) in [6.45, 7) is 1.74. The molecule has 19 heavy (non-hydrogen) atoms. The highest BCUT2D eigenvalue weighted by Crippen LogP contribution is 2.22. The number of nitrogens with one attached hydrogen (secondary N) is 2. The van der Waals surface area contributed by atoms with Gasteiger partial charge in [0.1, 0.15) is 10.7 Å². The molecule has 2 heterocycles. The summed E-state index contributed by atoms with van der Waals surface area (Å²) in [6.07, 6.45) is 2.79. The number of aromatic amines is 1. The molecule has 0 fully saturated rings. The van der Waals surface area contributed by atoms with Gasteiger partial charge in [0.25, 0.3) is 5.91 Å². The zero-order chi connectivity index (χ0) is 14.0. The lowest BCUT2D eigenvalue weighted by atomic mass is 10.2. The van der Waals surface area contributed by atoms with Crippen LogP contribution in [0.3, 0.4) is 0 Å². The van der Waals surface area contributed by atoms with Crippen LogP contribution in [0, 0.1) is 6.92 Å². The monoisotopic (exact) mass is 341 g/mol. The second kappa shape index (κ2) is 5.54. The lowest BCUT2D eigenvalue weighted by molar-refractivity contribution is 0.102. The highest BCUT2D eigenvalue weighted by molar-refractivity contribution is 9.10. The molecule has 2 aromatic heterocycles. The molecule has 0 aromatic carbocycles. The number of amides is 1. The normalized spacial score (nSPS) is 10.3. The maximum Gasteiger partial charge on any atom is 0.261 e.